The van der Waals surface area contributed by atoms with Crippen molar-refractivity contribution in [3.8, 4) is 0 Å². The maximum absolute atomic E-state index is 6.20. The van der Waals surface area contributed by atoms with Crippen LogP contribution in [-0.4, -0.2) is 9.38 Å². The summed E-state index contributed by atoms with van der Waals surface area (Å²) in [5.41, 5.74) is 9.12. The molecule has 2 aromatic heterocycles. The van der Waals surface area contributed by atoms with Gasteiger partial charge >= 0.3 is 0 Å². The lowest BCUT2D eigenvalue weighted by molar-refractivity contribution is 0.498. The first-order chi connectivity index (χ1) is 7.50. The van der Waals surface area contributed by atoms with E-state index in [0.29, 0.717) is 10.9 Å². The molecule has 0 spiro atoms. The molecule has 3 nitrogen and oxygen atoms in total. The fourth-order valence-electron chi connectivity index (χ4n) is 1.87. The molecule has 0 aromatic carbocycles. The molecule has 4 heteroatoms. The number of hydrogen-bond donors (Lipinski definition) is 1. The Hall–Kier alpha value is -1.06. The molecule has 0 saturated heterocycles. The number of aryl methyl sites for hydroxylation is 1. The summed E-state index contributed by atoms with van der Waals surface area (Å²) in [6.07, 6.45) is 1.87. The number of nitrogens with two attached hydrogens (primary N) is 1. The molecule has 0 amide bonds. The van der Waals surface area contributed by atoms with E-state index in [1.807, 2.05) is 29.7 Å². The van der Waals surface area contributed by atoms with Gasteiger partial charge in [-0.15, -0.1) is 0 Å². The molecular weight excluding hydrogens is 222 g/mol. The SMILES string of the molecule is Cc1nc2ccc(Cl)cn2c1C(N)C(C)C. The van der Waals surface area contributed by atoms with Crippen LogP contribution in [-0.2, 0) is 0 Å². The molecule has 1 unspecified atom stereocenters. The highest BCUT2D eigenvalue weighted by molar-refractivity contribution is 6.30. The van der Waals surface area contributed by atoms with Crippen molar-refractivity contribution in [3.05, 3.63) is 34.7 Å². The third kappa shape index (κ3) is 1.81. The van der Waals surface area contributed by atoms with Crippen LogP contribution in [0.5, 0.6) is 0 Å². The number of halogens is 1. The van der Waals surface area contributed by atoms with Gasteiger partial charge in [0.15, 0.2) is 0 Å². The van der Waals surface area contributed by atoms with Crippen LogP contribution < -0.4 is 5.73 Å². The van der Waals surface area contributed by atoms with Gasteiger partial charge in [-0.05, 0) is 25.0 Å². The van der Waals surface area contributed by atoms with E-state index in [0.717, 1.165) is 17.0 Å². The molecule has 0 aliphatic carbocycles. The molecule has 2 N–H and O–H groups in total. The van der Waals surface area contributed by atoms with Crippen LogP contribution in [0.4, 0.5) is 0 Å². The summed E-state index contributed by atoms with van der Waals surface area (Å²) in [5.74, 6) is 0.373. The average Bonchev–Trinajstić information content (AvgIpc) is 2.52. The van der Waals surface area contributed by atoms with E-state index in [-0.39, 0.29) is 6.04 Å². The normalized spacial score (nSPS) is 13.6. The predicted octanol–water partition coefficient (Wildman–Crippen LogP) is 2.95. The second-order valence-corrected chi connectivity index (χ2v) is 4.86. The smallest absolute Gasteiger partial charge is 0.137 e. The number of hydrogen-bond acceptors (Lipinski definition) is 2. The largest absolute Gasteiger partial charge is 0.322 e. The van der Waals surface area contributed by atoms with Crippen molar-refractivity contribution in [2.45, 2.75) is 26.8 Å². The third-order valence-electron chi connectivity index (χ3n) is 2.84. The zero-order valence-corrected chi connectivity index (χ0v) is 10.5. The molecule has 2 rings (SSSR count). The molecule has 0 aliphatic heterocycles. The van der Waals surface area contributed by atoms with Crippen LogP contribution in [0.25, 0.3) is 5.65 Å². The number of nitrogens with zero attached hydrogens (tertiary/aromatic N) is 2. The Kier molecular flexibility index (Phi) is 2.91. The van der Waals surface area contributed by atoms with Gasteiger partial charge in [-0.2, -0.15) is 0 Å². The van der Waals surface area contributed by atoms with Gasteiger partial charge in [-0.3, -0.25) is 0 Å². The summed E-state index contributed by atoms with van der Waals surface area (Å²) in [4.78, 5) is 4.48. The van der Waals surface area contributed by atoms with E-state index in [1.165, 1.54) is 0 Å². The van der Waals surface area contributed by atoms with Crippen molar-refractivity contribution in [2.24, 2.45) is 11.7 Å². The first-order valence-corrected chi connectivity index (χ1v) is 5.78. The Morgan fingerprint density at radius 3 is 2.69 bits per heavy atom. The summed E-state index contributed by atoms with van der Waals surface area (Å²) < 4.78 is 1.99. The van der Waals surface area contributed by atoms with Crippen molar-refractivity contribution in [1.29, 1.82) is 0 Å². The van der Waals surface area contributed by atoms with E-state index in [4.69, 9.17) is 17.3 Å². The van der Waals surface area contributed by atoms with Gasteiger partial charge in [0.2, 0.25) is 0 Å². The van der Waals surface area contributed by atoms with E-state index < -0.39 is 0 Å². The quantitative estimate of drug-likeness (QED) is 0.873. The number of imidazole rings is 1. The standard InChI is InChI=1S/C12H16ClN3/c1-7(2)11(14)12-8(3)15-10-5-4-9(13)6-16(10)12/h4-7,11H,14H2,1-3H3. The molecule has 0 saturated carbocycles. The Morgan fingerprint density at radius 2 is 2.06 bits per heavy atom. The van der Waals surface area contributed by atoms with Crippen LogP contribution in [0.1, 0.15) is 31.3 Å². The molecular formula is C12H16ClN3. The van der Waals surface area contributed by atoms with Crippen molar-refractivity contribution in [1.82, 2.24) is 9.38 Å². The van der Waals surface area contributed by atoms with E-state index in [9.17, 15) is 0 Å². The lowest BCUT2D eigenvalue weighted by Crippen LogP contribution is -2.19. The van der Waals surface area contributed by atoms with Crippen LogP contribution in [0.2, 0.25) is 5.02 Å². The summed E-state index contributed by atoms with van der Waals surface area (Å²) in [6, 6.07) is 3.73. The highest BCUT2D eigenvalue weighted by atomic mass is 35.5. The number of aromatic nitrogens is 2. The van der Waals surface area contributed by atoms with Crippen molar-refractivity contribution >= 4 is 17.2 Å². The molecule has 0 fully saturated rings. The number of rotatable bonds is 2. The van der Waals surface area contributed by atoms with Gasteiger partial charge in [-0.1, -0.05) is 25.4 Å². The van der Waals surface area contributed by atoms with Gasteiger partial charge in [-0.25, -0.2) is 4.98 Å². The minimum Gasteiger partial charge on any atom is -0.322 e. The van der Waals surface area contributed by atoms with Crippen LogP contribution in [0, 0.1) is 12.8 Å². The molecule has 16 heavy (non-hydrogen) atoms. The maximum atomic E-state index is 6.20. The zero-order chi connectivity index (χ0) is 11.9. The Balaban J connectivity index is 2.67. The van der Waals surface area contributed by atoms with E-state index in [2.05, 4.69) is 18.8 Å². The summed E-state index contributed by atoms with van der Waals surface area (Å²) in [5, 5.41) is 0.696. The lowest BCUT2D eigenvalue weighted by atomic mass is 10.0. The summed E-state index contributed by atoms with van der Waals surface area (Å²) >= 11 is 5.99. The van der Waals surface area contributed by atoms with Gasteiger partial charge in [0, 0.05) is 12.2 Å². The monoisotopic (exact) mass is 237 g/mol. The molecule has 2 aromatic rings. The second-order valence-electron chi connectivity index (χ2n) is 4.43. The molecule has 86 valence electrons. The minimum absolute atomic E-state index is 0.0199. The van der Waals surface area contributed by atoms with E-state index in [1.54, 1.807) is 0 Å². The fourth-order valence-corrected chi connectivity index (χ4v) is 2.03. The Bertz CT molecular complexity index is 516. The molecule has 1 atom stereocenters. The fraction of sp³-hybridized carbons (Fsp3) is 0.417. The second kappa shape index (κ2) is 4.07. The van der Waals surface area contributed by atoms with Gasteiger partial charge < -0.3 is 10.1 Å². The molecule has 0 radical (unpaired) electrons. The Labute approximate surface area is 100 Å². The van der Waals surface area contributed by atoms with Crippen molar-refractivity contribution < 1.29 is 0 Å². The van der Waals surface area contributed by atoms with Gasteiger partial charge in [0.05, 0.1) is 16.4 Å². The average molecular weight is 238 g/mol. The minimum atomic E-state index is -0.0199. The summed E-state index contributed by atoms with van der Waals surface area (Å²) in [6.45, 7) is 6.20. The van der Waals surface area contributed by atoms with Crippen LogP contribution in [0.15, 0.2) is 18.3 Å². The number of fused-ring (bicyclic) bond motifs is 1. The van der Waals surface area contributed by atoms with Crippen LogP contribution in [0.3, 0.4) is 0 Å². The van der Waals surface area contributed by atoms with Crippen molar-refractivity contribution in [3.63, 3.8) is 0 Å². The highest BCUT2D eigenvalue weighted by Crippen LogP contribution is 2.24. The Morgan fingerprint density at radius 1 is 1.38 bits per heavy atom. The first-order valence-electron chi connectivity index (χ1n) is 5.40. The molecule has 0 bridgehead atoms. The van der Waals surface area contributed by atoms with Crippen LogP contribution >= 0.6 is 11.6 Å². The lowest BCUT2D eigenvalue weighted by Gasteiger charge is -2.16. The van der Waals surface area contributed by atoms with Gasteiger partial charge in [0.1, 0.15) is 5.65 Å². The highest BCUT2D eigenvalue weighted by Gasteiger charge is 2.18. The van der Waals surface area contributed by atoms with E-state index >= 15 is 0 Å². The first kappa shape index (κ1) is 11.4. The van der Waals surface area contributed by atoms with Gasteiger partial charge in [0.25, 0.3) is 0 Å². The number of pyridine rings is 1. The summed E-state index contributed by atoms with van der Waals surface area (Å²) in [7, 11) is 0. The predicted molar refractivity (Wildman–Crippen MR) is 66.7 cm³/mol. The molecule has 0 aliphatic rings. The third-order valence-corrected chi connectivity index (χ3v) is 3.06. The maximum Gasteiger partial charge on any atom is 0.137 e. The van der Waals surface area contributed by atoms with Crippen molar-refractivity contribution in [2.75, 3.05) is 0 Å². The molecule has 2 heterocycles. The zero-order valence-electron chi connectivity index (χ0n) is 9.74. The topological polar surface area (TPSA) is 43.3 Å².